The maximum Gasteiger partial charge on any atom is 0.217 e. The number of nitrogens with zero attached hydrogens (tertiary/aromatic N) is 4. The number of nitrogens with one attached hydrogen (secondary N) is 2. The normalized spacial score (nSPS) is 22.4. The summed E-state index contributed by atoms with van der Waals surface area (Å²) in [5, 5.41) is 3.68. The van der Waals surface area contributed by atoms with Crippen molar-refractivity contribution in [2.75, 3.05) is 50.6 Å². The first-order valence-corrected chi connectivity index (χ1v) is 13.1. The predicted octanol–water partition coefficient (Wildman–Crippen LogP) is 3.64. The van der Waals surface area contributed by atoms with Crippen LogP contribution in [-0.2, 0) is 4.79 Å². The Morgan fingerprint density at radius 2 is 2.05 bits per heavy atom. The summed E-state index contributed by atoms with van der Waals surface area (Å²) in [4.78, 5) is 29.4. The van der Waals surface area contributed by atoms with Gasteiger partial charge in [-0.25, -0.2) is 9.97 Å². The quantitative estimate of drug-likeness (QED) is 0.402. The molecule has 2 aliphatic rings. The van der Waals surface area contributed by atoms with Crippen molar-refractivity contribution in [1.29, 1.82) is 0 Å². The van der Waals surface area contributed by atoms with Crippen LogP contribution < -0.4 is 20.7 Å². The molecule has 0 radical (unpaired) electrons. The molecule has 3 heterocycles. The molecule has 1 aliphatic carbocycles. The number of hydrogen-bond donors (Lipinski definition) is 3. The average Bonchev–Trinajstić information content (AvgIpc) is 3.34. The van der Waals surface area contributed by atoms with Crippen molar-refractivity contribution >= 4 is 28.4 Å². The van der Waals surface area contributed by atoms with Gasteiger partial charge in [-0.2, -0.15) is 0 Å². The molecule has 0 bridgehead atoms. The number of aromatic nitrogens is 3. The standard InChI is InChI=1S/C28H37N7O2/c1-4-18-6-5-7-22(21(18)17-25(29)36)31-23-10-11-30-28-26(23)32-27(33-28)20-9-8-19(16-24(20)37-3)35-14-12-34(2)13-15-35/h5-6,8-11,16,18,21-22H,4,7,12-15,17H2,1-3H3,(H2,29,36)(H2,30,31,32,33). The monoisotopic (exact) mass is 503 g/mol. The summed E-state index contributed by atoms with van der Waals surface area (Å²) in [6.07, 6.45) is 8.35. The fourth-order valence-corrected chi connectivity index (χ4v) is 5.64. The van der Waals surface area contributed by atoms with Crippen molar-refractivity contribution in [3.63, 3.8) is 0 Å². The fraction of sp³-hybridized carbons (Fsp3) is 0.464. The molecule has 37 heavy (non-hydrogen) atoms. The van der Waals surface area contributed by atoms with Gasteiger partial charge in [0.25, 0.3) is 0 Å². The smallest absolute Gasteiger partial charge is 0.217 e. The first kappa shape index (κ1) is 25.1. The van der Waals surface area contributed by atoms with Gasteiger partial charge in [-0.1, -0.05) is 19.1 Å². The molecule has 1 saturated heterocycles. The van der Waals surface area contributed by atoms with E-state index in [1.807, 2.05) is 6.07 Å². The number of hydrogen-bond acceptors (Lipinski definition) is 7. The largest absolute Gasteiger partial charge is 0.496 e. The van der Waals surface area contributed by atoms with Crippen LogP contribution in [-0.4, -0.2) is 72.1 Å². The van der Waals surface area contributed by atoms with Gasteiger partial charge in [0.15, 0.2) is 5.65 Å². The number of carbonyl (C=O) groups is 1. The number of anilines is 2. The second-order valence-corrected chi connectivity index (χ2v) is 10.1. The summed E-state index contributed by atoms with van der Waals surface area (Å²) in [7, 11) is 3.85. The molecule has 0 spiro atoms. The Labute approximate surface area is 218 Å². The summed E-state index contributed by atoms with van der Waals surface area (Å²) in [5.74, 6) is 1.68. The van der Waals surface area contributed by atoms with Crippen LogP contribution in [0.3, 0.4) is 0 Å². The molecule has 1 fully saturated rings. The summed E-state index contributed by atoms with van der Waals surface area (Å²) in [5.41, 5.74) is 10.0. The number of pyridine rings is 1. The molecule has 1 amide bonds. The Morgan fingerprint density at radius 3 is 2.78 bits per heavy atom. The second-order valence-electron chi connectivity index (χ2n) is 10.1. The first-order valence-electron chi connectivity index (χ1n) is 13.1. The number of carbonyl (C=O) groups excluding carboxylic acids is 1. The Bertz CT molecular complexity index is 1280. The van der Waals surface area contributed by atoms with E-state index in [9.17, 15) is 4.79 Å². The van der Waals surface area contributed by atoms with E-state index in [4.69, 9.17) is 15.5 Å². The minimum absolute atomic E-state index is 0.0946. The van der Waals surface area contributed by atoms with Gasteiger partial charge in [0, 0.05) is 56.6 Å². The van der Waals surface area contributed by atoms with Gasteiger partial charge >= 0.3 is 0 Å². The lowest BCUT2D eigenvalue weighted by molar-refractivity contribution is -0.119. The summed E-state index contributed by atoms with van der Waals surface area (Å²) in [6.45, 7) is 6.24. The van der Waals surface area contributed by atoms with Crippen LogP contribution in [0.4, 0.5) is 11.4 Å². The number of H-pyrrole nitrogens is 1. The number of amides is 1. The number of nitrogens with two attached hydrogens (primary N) is 1. The zero-order chi connectivity index (χ0) is 25.9. The minimum Gasteiger partial charge on any atom is -0.496 e. The van der Waals surface area contributed by atoms with Crippen molar-refractivity contribution in [1.82, 2.24) is 19.9 Å². The van der Waals surface area contributed by atoms with Crippen molar-refractivity contribution in [2.24, 2.45) is 17.6 Å². The topological polar surface area (TPSA) is 112 Å². The van der Waals surface area contributed by atoms with Crippen LogP contribution in [0.1, 0.15) is 26.2 Å². The zero-order valence-electron chi connectivity index (χ0n) is 21.9. The number of primary amides is 1. The lowest BCUT2D eigenvalue weighted by atomic mass is 9.76. The Kier molecular flexibility index (Phi) is 7.32. The minimum atomic E-state index is -0.263. The number of fused-ring (bicyclic) bond motifs is 1. The molecule has 3 atom stereocenters. The van der Waals surface area contributed by atoms with Crippen LogP contribution in [0.5, 0.6) is 5.75 Å². The van der Waals surface area contributed by atoms with E-state index in [0.717, 1.165) is 67.2 Å². The van der Waals surface area contributed by atoms with E-state index in [0.29, 0.717) is 23.8 Å². The van der Waals surface area contributed by atoms with E-state index < -0.39 is 0 Å². The maximum atomic E-state index is 11.8. The first-order chi connectivity index (χ1) is 18.0. The van der Waals surface area contributed by atoms with Crippen molar-refractivity contribution in [2.45, 2.75) is 32.2 Å². The predicted molar refractivity (Wildman–Crippen MR) is 148 cm³/mol. The molecule has 4 N–H and O–H groups in total. The second kappa shape index (κ2) is 10.8. The molecule has 2 aromatic heterocycles. The zero-order valence-corrected chi connectivity index (χ0v) is 21.9. The molecule has 9 heteroatoms. The number of piperazine rings is 1. The van der Waals surface area contributed by atoms with Crippen LogP contribution in [0.25, 0.3) is 22.6 Å². The molecule has 5 rings (SSSR count). The highest BCUT2D eigenvalue weighted by Crippen LogP contribution is 2.36. The van der Waals surface area contributed by atoms with Gasteiger partial charge in [-0.05, 0) is 49.9 Å². The highest BCUT2D eigenvalue weighted by atomic mass is 16.5. The highest BCUT2D eigenvalue weighted by Gasteiger charge is 2.31. The van der Waals surface area contributed by atoms with Gasteiger partial charge in [-0.15, -0.1) is 0 Å². The van der Waals surface area contributed by atoms with Crippen molar-refractivity contribution < 1.29 is 9.53 Å². The van der Waals surface area contributed by atoms with Gasteiger partial charge in [0.05, 0.1) is 18.4 Å². The number of likely N-dealkylation sites (N-methyl/N-ethyl adjacent to an activating group) is 1. The molecule has 196 valence electrons. The number of benzene rings is 1. The van der Waals surface area contributed by atoms with Crippen LogP contribution in [0.15, 0.2) is 42.6 Å². The number of methoxy groups -OCH3 is 1. The van der Waals surface area contributed by atoms with E-state index in [-0.39, 0.29) is 17.9 Å². The van der Waals surface area contributed by atoms with E-state index >= 15 is 0 Å². The Balaban J connectivity index is 1.43. The van der Waals surface area contributed by atoms with Gasteiger partial charge < -0.3 is 30.6 Å². The average molecular weight is 504 g/mol. The number of imidazole rings is 1. The van der Waals surface area contributed by atoms with E-state index in [2.05, 4.69) is 69.4 Å². The van der Waals surface area contributed by atoms with Gasteiger partial charge in [-0.3, -0.25) is 4.79 Å². The van der Waals surface area contributed by atoms with Crippen molar-refractivity contribution in [3.8, 4) is 17.1 Å². The number of ether oxygens (including phenoxy) is 1. The molecular weight excluding hydrogens is 466 g/mol. The molecule has 1 aliphatic heterocycles. The number of allylic oxidation sites excluding steroid dienone is 1. The molecule has 1 aromatic carbocycles. The molecule has 3 unspecified atom stereocenters. The SMILES string of the molecule is CCC1C=CCC(Nc2ccnc3nc(-c4ccc(N5CCN(C)CC5)cc4OC)[nH]c23)C1CC(N)=O. The third kappa shape index (κ3) is 5.27. The van der Waals surface area contributed by atoms with Gasteiger partial charge in [0.2, 0.25) is 5.91 Å². The number of rotatable bonds is 8. The van der Waals surface area contributed by atoms with Crippen LogP contribution in [0.2, 0.25) is 0 Å². The lowest BCUT2D eigenvalue weighted by Crippen LogP contribution is -2.44. The van der Waals surface area contributed by atoms with E-state index in [1.54, 1.807) is 13.3 Å². The summed E-state index contributed by atoms with van der Waals surface area (Å²) >= 11 is 0. The molecule has 3 aromatic rings. The molecule has 0 saturated carbocycles. The van der Waals surface area contributed by atoms with Crippen LogP contribution in [0, 0.1) is 11.8 Å². The lowest BCUT2D eigenvalue weighted by Gasteiger charge is -2.35. The summed E-state index contributed by atoms with van der Waals surface area (Å²) in [6, 6.07) is 8.35. The summed E-state index contributed by atoms with van der Waals surface area (Å²) < 4.78 is 5.79. The maximum absolute atomic E-state index is 11.8. The third-order valence-electron chi connectivity index (χ3n) is 7.79. The van der Waals surface area contributed by atoms with Crippen molar-refractivity contribution in [3.05, 3.63) is 42.6 Å². The van der Waals surface area contributed by atoms with Gasteiger partial charge in [0.1, 0.15) is 17.1 Å². The Morgan fingerprint density at radius 1 is 1.24 bits per heavy atom. The number of aromatic amines is 1. The molecule has 9 nitrogen and oxygen atoms in total. The van der Waals surface area contributed by atoms with Crippen LogP contribution >= 0.6 is 0 Å². The van der Waals surface area contributed by atoms with E-state index in [1.165, 1.54) is 0 Å². The third-order valence-corrected chi connectivity index (χ3v) is 7.79. The fourth-order valence-electron chi connectivity index (χ4n) is 5.64. The Hall–Kier alpha value is -3.59. The molecular formula is C28H37N7O2. The highest BCUT2D eigenvalue weighted by molar-refractivity contribution is 5.88.